The Labute approximate surface area is 127 Å². The number of hydrogen-bond acceptors (Lipinski definition) is 4. The second kappa shape index (κ2) is 6.75. The molecule has 1 aliphatic rings. The van der Waals surface area contributed by atoms with E-state index in [-0.39, 0.29) is 10.9 Å². The zero-order valence-corrected chi connectivity index (χ0v) is 13.9. The number of nitrogens with one attached hydrogen (secondary N) is 1. The Hall–Kier alpha value is -1.14. The minimum Gasteiger partial charge on any atom is -0.370 e. The largest absolute Gasteiger partial charge is 0.370 e. The summed E-state index contributed by atoms with van der Waals surface area (Å²) >= 11 is 0. The van der Waals surface area contributed by atoms with Crippen LogP contribution >= 0.6 is 0 Å². The molecular weight excluding hydrogens is 286 g/mol. The van der Waals surface area contributed by atoms with Crippen molar-refractivity contribution in [2.45, 2.75) is 51.0 Å². The van der Waals surface area contributed by atoms with Crippen LogP contribution in [0.15, 0.2) is 23.2 Å². The van der Waals surface area contributed by atoms with E-state index < -0.39 is 10.0 Å². The van der Waals surface area contributed by atoms with Gasteiger partial charge in [-0.25, -0.2) is 13.4 Å². The van der Waals surface area contributed by atoms with Crippen LogP contribution in [-0.4, -0.2) is 36.8 Å². The van der Waals surface area contributed by atoms with Crippen LogP contribution in [0.3, 0.4) is 0 Å². The van der Waals surface area contributed by atoms with E-state index in [2.05, 4.69) is 17.2 Å². The molecule has 0 radical (unpaired) electrons. The predicted molar refractivity (Wildman–Crippen MR) is 84.8 cm³/mol. The molecule has 0 amide bonds. The summed E-state index contributed by atoms with van der Waals surface area (Å²) in [6.45, 7) is 7.57. The summed E-state index contributed by atoms with van der Waals surface area (Å²) in [5.41, 5.74) is 0. The highest BCUT2D eigenvalue weighted by Crippen LogP contribution is 2.32. The van der Waals surface area contributed by atoms with Crippen LogP contribution in [0.4, 0.5) is 5.82 Å². The van der Waals surface area contributed by atoms with Gasteiger partial charge in [-0.3, -0.25) is 0 Å². The Bertz CT molecular complexity index is 551. The molecule has 0 aromatic carbocycles. The maximum absolute atomic E-state index is 12.7. The highest BCUT2D eigenvalue weighted by Gasteiger charge is 2.38. The third-order valence-corrected chi connectivity index (χ3v) is 5.30. The van der Waals surface area contributed by atoms with E-state index in [0.717, 1.165) is 31.6 Å². The van der Waals surface area contributed by atoms with E-state index in [0.29, 0.717) is 12.5 Å². The molecule has 21 heavy (non-hydrogen) atoms. The average Bonchev–Trinajstić information content (AvgIpc) is 3.27. The molecule has 6 heteroatoms. The molecule has 5 nitrogen and oxygen atoms in total. The van der Waals surface area contributed by atoms with Crippen LogP contribution < -0.4 is 5.32 Å². The molecule has 1 saturated carbocycles. The molecule has 1 N–H and O–H groups in total. The van der Waals surface area contributed by atoms with E-state index >= 15 is 0 Å². The first-order valence-electron chi connectivity index (χ1n) is 7.67. The zero-order valence-electron chi connectivity index (χ0n) is 13.0. The number of hydrogen-bond donors (Lipinski definition) is 1. The SMILES string of the molecule is CCCNc1ccc(S(=O)(=O)N(CC(C)C)C2CC2)cn1. The van der Waals surface area contributed by atoms with Gasteiger partial charge in [-0.15, -0.1) is 0 Å². The summed E-state index contributed by atoms with van der Waals surface area (Å²) in [7, 11) is -3.43. The number of aromatic nitrogens is 1. The predicted octanol–water partition coefficient (Wildman–Crippen LogP) is 2.71. The summed E-state index contributed by atoms with van der Waals surface area (Å²) in [6.07, 6.45) is 4.40. The first-order valence-corrected chi connectivity index (χ1v) is 9.11. The lowest BCUT2D eigenvalue weighted by molar-refractivity contribution is 0.360. The molecule has 0 aliphatic heterocycles. The zero-order chi connectivity index (χ0) is 15.5. The average molecular weight is 311 g/mol. The smallest absolute Gasteiger partial charge is 0.244 e. The standard InChI is InChI=1S/C15H25N3O2S/c1-4-9-16-15-8-7-14(10-17-15)21(19,20)18(11-12(2)3)13-5-6-13/h7-8,10,12-13H,4-6,9,11H2,1-3H3,(H,16,17). The number of pyridine rings is 1. The van der Waals surface area contributed by atoms with Gasteiger partial charge in [-0.1, -0.05) is 20.8 Å². The quantitative estimate of drug-likeness (QED) is 0.802. The van der Waals surface area contributed by atoms with Crippen molar-refractivity contribution < 1.29 is 8.42 Å². The highest BCUT2D eigenvalue weighted by atomic mass is 32.2. The van der Waals surface area contributed by atoms with E-state index in [1.54, 1.807) is 16.4 Å². The van der Waals surface area contributed by atoms with E-state index in [9.17, 15) is 8.42 Å². The van der Waals surface area contributed by atoms with Gasteiger partial charge in [0, 0.05) is 25.3 Å². The number of sulfonamides is 1. The van der Waals surface area contributed by atoms with Crippen molar-refractivity contribution in [3.8, 4) is 0 Å². The number of nitrogens with zero attached hydrogens (tertiary/aromatic N) is 2. The normalized spacial score (nSPS) is 15.7. The van der Waals surface area contributed by atoms with Gasteiger partial charge in [-0.05, 0) is 37.3 Å². The lowest BCUT2D eigenvalue weighted by Crippen LogP contribution is -2.36. The van der Waals surface area contributed by atoms with Crippen molar-refractivity contribution in [1.29, 1.82) is 0 Å². The van der Waals surface area contributed by atoms with Crippen molar-refractivity contribution in [2.24, 2.45) is 5.92 Å². The molecule has 0 bridgehead atoms. The summed E-state index contributed by atoms with van der Waals surface area (Å²) in [5, 5.41) is 3.15. The van der Waals surface area contributed by atoms with Crippen LogP contribution in [0.2, 0.25) is 0 Å². The van der Waals surface area contributed by atoms with Gasteiger partial charge in [0.15, 0.2) is 0 Å². The van der Waals surface area contributed by atoms with Gasteiger partial charge < -0.3 is 5.32 Å². The Morgan fingerprint density at radius 1 is 1.38 bits per heavy atom. The third-order valence-electron chi connectivity index (χ3n) is 3.40. The van der Waals surface area contributed by atoms with Crippen molar-refractivity contribution >= 4 is 15.8 Å². The molecule has 118 valence electrons. The van der Waals surface area contributed by atoms with Crippen LogP contribution in [0.1, 0.15) is 40.0 Å². The summed E-state index contributed by atoms with van der Waals surface area (Å²) in [4.78, 5) is 4.50. The lowest BCUT2D eigenvalue weighted by atomic mass is 10.2. The topological polar surface area (TPSA) is 62.3 Å². The maximum Gasteiger partial charge on any atom is 0.244 e. The minimum absolute atomic E-state index is 0.176. The third kappa shape index (κ3) is 4.17. The van der Waals surface area contributed by atoms with Gasteiger partial charge in [0.25, 0.3) is 0 Å². The maximum atomic E-state index is 12.7. The molecule has 1 fully saturated rings. The second-order valence-electron chi connectivity index (χ2n) is 6.01. The van der Waals surface area contributed by atoms with E-state index in [1.165, 1.54) is 6.20 Å². The van der Waals surface area contributed by atoms with E-state index in [1.807, 2.05) is 13.8 Å². The minimum atomic E-state index is -3.43. The molecule has 1 aromatic heterocycles. The Morgan fingerprint density at radius 3 is 2.57 bits per heavy atom. The van der Waals surface area contributed by atoms with Gasteiger partial charge >= 0.3 is 0 Å². The monoisotopic (exact) mass is 311 g/mol. The molecule has 2 rings (SSSR count). The summed E-state index contributed by atoms with van der Waals surface area (Å²) in [6, 6.07) is 3.56. The molecule has 1 heterocycles. The number of anilines is 1. The Balaban J connectivity index is 2.17. The Kier molecular flexibility index (Phi) is 5.22. The van der Waals surface area contributed by atoms with Crippen molar-refractivity contribution in [3.05, 3.63) is 18.3 Å². The molecular formula is C15H25N3O2S. The summed E-state index contributed by atoms with van der Waals surface area (Å²) in [5.74, 6) is 1.04. The molecule has 0 saturated heterocycles. The van der Waals surface area contributed by atoms with Crippen LogP contribution in [0, 0.1) is 5.92 Å². The van der Waals surface area contributed by atoms with Gasteiger partial charge in [0.1, 0.15) is 10.7 Å². The van der Waals surface area contributed by atoms with Crippen LogP contribution in [0.25, 0.3) is 0 Å². The molecule has 1 aromatic rings. The van der Waals surface area contributed by atoms with E-state index in [4.69, 9.17) is 0 Å². The number of rotatable bonds is 8. The fraction of sp³-hybridized carbons (Fsp3) is 0.667. The molecule has 0 unspecified atom stereocenters. The van der Waals surface area contributed by atoms with Crippen molar-refractivity contribution in [1.82, 2.24) is 9.29 Å². The van der Waals surface area contributed by atoms with Crippen LogP contribution in [0.5, 0.6) is 0 Å². The van der Waals surface area contributed by atoms with Crippen molar-refractivity contribution in [2.75, 3.05) is 18.4 Å². The lowest BCUT2D eigenvalue weighted by Gasteiger charge is -2.23. The first-order chi connectivity index (χ1) is 9.95. The van der Waals surface area contributed by atoms with Crippen molar-refractivity contribution in [3.63, 3.8) is 0 Å². The fourth-order valence-corrected chi connectivity index (χ4v) is 3.99. The van der Waals surface area contributed by atoms with Gasteiger partial charge in [0.2, 0.25) is 10.0 Å². The highest BCUT2D eigenvalue weighted by molar-refractivity contribution is 7.89. The van der Waals surface area contributed by atoms with Crippen LogP contribution in [-0.2, 0) is 10.0 Å². The van der Waals surface area contributed by atoms with Gasteiger partial charge in [0.05, 0.1) is 0 Å². The Morgan fingerprint density at radius 2 is 2.10 bits per heavy atom. The van der Waals surface area contributed by atoms with Gasteiger partial charge in [-0.2, -0.15) is 4.31 Å². The fourth-order valence-electron chi connectivity index (χ4n) is 2.19. The molecule has 0 spiro atoms. The first kappa shape index (κ1) is 16.2. The molecule has 1 aliphatic carbocycles. The molecule has 0 atom stereocenters. The summed E-state index contributed by atoms with van der Waals surface area (Å²) < 4.78 is 27.1. The second-order valence-corrected chi connectivity index (χ2v) is 7.90.